The Kier molecular flexibility index (Phi) is 3.89. The largest absolute Gasteiger partial charge is 0.476 e. The summed E-state index contributed by atoms with van der Waals surface area (Å²) in [5.41, 5.74) is -1.18. The Morgan fingerprint density at radius 1 is 1.25 bits per heavy atom. The van der Waals surface area contributed by atoms with E-state index < -0.39 is 31.3 Å². The van der Waals surface area contributed by atoms with E-state index in [4.69, 9.17) is 0 Å². The summed E-state index contributed by atoms with van der Waals surface area (Å²) < 4.78 is 1.36. The van der Waals surface area contributed by atoms with Gasteiger partial charge in [-0.15, -0.1) is 0 Å². The highest BCUT2D eigenvalue weighted by Gasteiger charge is 2.31. The van der Waals surface area contributed by atoms with Crippen molar-refractivity contribution in [1.82, 2.24) is 9.38 Å². The molecule has 0 aliphatic rings. The van der Waals surface area contributed by atoms with E-state index in [2.05, 4.69) is 10.3 Å². The number of hydrogen-bond acceptors (Lipinski definition) is 6. The molecule has 2 aromatic heterocycles. The van der Waals surface area contributed by atoms with Crippen molar-refractivity contribution in [3.8, 4) is 0 Å². The second-order valence-corrected chi connectivity index (χ2v) is 4.42. The summed E-state index contributed by atoms with van der Waals surface area (Å²) in [6, 6.07) is 4.98. The van der Waals surface area contributed by atoms with E-state index >= 15 is 0 Å². The average Bonchev–Trinajstić information content (AvgIpc) is 2.82. The zero-order valence-corrected chi connectivity index (χ0v) is 10.5. The summed E-state index contributed by atoms with van der Waals surface area (Å²) in [6.07, 6.45) is 1.54. The van der Waals surface area contributed by atoms with Crippen molar-refractivity contribution < 1.29 is 25.2 Å². The second kappa shape index (κ2) is 5.45. The molecular weight excluding hydrogens is 266 g/mol. The molecule has 0 bridgehead atoms. The number of imidazole rings is 1. The number of nitrogens with one attached hydrogen (secondary N) is 1. The summed E-state index contributed by atoms with van der Waals surface area (Å²) in [6.45, 7) is -1.73. The molecule has 0 amide bonds. The van der Waals surface area contributed by atoms with Crippen LogP contribution in [0.2, 0.25) is 0 Å². The fourth-order valence-electron chi connectivity index (χ4n) is 1.81. The van der Waals surface area contributed by atoms with Crippen LogP contribution in [0.4, 0.5) is 5.82 Å². The number of carbonyl (C=O) groups is 1. The number of aromatic carboxylic acids is 1. The predicted octanol–water partition coefficient (Wildman–Crippen LogP) is -0.840. The number of anilines is 1. The van der Waals surface area contributed by atoms with Crippen LogP contribution in [-0.4, -0.2) is 61.1 Å². The number of nitrogens with zero attached hydrogens (tertiary/aromatic N) is 2. The first kappa shape index (κ1) is 14.3. The van der Waals surface area contributed by atoms with E-state index in [1.165, 1.54) is 10.6 Å². The van der Waals surface area contributed by atoms with E-state index in [9.17, 15) is 25.2 Å². The molecule has 0 aromatic carbocycles. The maximum atomic E-state index is 11.4. The number of pyridine rings is 1. The lowest BCUT2D eigenvalue weighted by Gasteiger charge is -2.28. The highest BCUT2D eigenvalue weighted by molar-refractivity contribution is 5.93. The van der Waals surface area contributed by atoms with Crippen LogP contribution in [0.5, 0.6) is 0 Å². The van der Waals surface area contributed by atoms with E-state index in [0.717, 1.165) is 0 Å². The monoisotopic (exact) mass is 281 g/mol. The highest BCUT2D eigenvalue weighted by atomic mass is 16.4. The van der Waals surface area contributed by atoms with Gasteiger partial charge in [0.25, 0.3) is 0 Å². The lowest BCUT2D eigenvalue weighted by molar-refractivity contribution is 0.0684. The van der Waals surface area contributed by atoms with Crippen molar-refractivity contribution in [2.45, 2.75) is 5.54 Å². The standard InChI is InChI=1S/C12H15N3O5/c16-5-12(6-17,7-18)14-10-9(11(19)20)15-4-2-1-3-8(15)13-10/h1-4,14,16-18H,5-7H2,(H,19,20). The molecule has 2 aromatic rings. The molecule has 0 aliphatic carbocycles. The summed E-state index contributed by atoms with van der Waals surface area (Å²) in [5, 5.41) is 39.7. The number of aromatic nitrogens is 2. The summed E-state index contributed by atoms with van der Waals surface area (Å²) in [5.74, 6) is -1.24. The van der Waals surface area contributed by atoms with Crippen molar-refractivity contribution in [3.63, 3.8) is 0 Å². The Morgan fingerprint density at radius 3 is 2.45 bits per heavy atom. The van der Waals surface area contributed by atoms with Gasteiger partial charge in [0.05, 0.1) is 19.8 Å². The zero-order chi connectivity index (χ0) is 14.8. The molecule has 8 heteroatoms. The molecule has 0 saturated carbocycles. The molecule has 108 valence electrons. The van der Waals surface area contributed by atoms with Crippen molar-refractivity contribution in [2.75, 3.05) is 25.1 Å². The molecule has 0 aliphatic heterocycles. The maximum Gasteiger partial charge on any atom is 0.356 e. The third kappa shape index (κ3) is 2.31. The fourth-order valence-corrected chi connectivity index (χ4v) is 1.81. The smallest absolute Gasteiger partial charge is 0.356 e. The first-order valence-electron chi connectivity index (χ1n) is 5.88. The fraction of sp³-hybridized carbons (Fsp3) is 0.333. The van der Waals surface area contributed by atoms with E-state index in [-0.39, 0.29) is 11.5 Å². The van der Waals surface area contributed by atoms with E-state index in [1.54, 1.807) is 18.2 Å². The molecule has 2 heterocycles. The average molecular weight is 281 g/mol. The SMILES string of the molecule is O=C(O)c1c(NC(CO)(CO)CO)nc2ccccn12. The molecule has 0 fully saturated rings. The van der Waals surface area contributed by atoms with Crippen LogP contribution in [0.15, 0.2) is 24.4 Å². The number of aliphatic hydroxyl groups is 3. The van der Waals surface area contributed by atoms with Crippen LogP contribution in [0.3, 0.4) is 0 Å². The number of rotatable bonds is 6. The van der Waals surface area contributed by atoms with Crippen LogP contribution in [0.1, 0.15) is 10.5 Å². The van der Waals surface area contributed by atoms with Crippen molar-refractivity contribution >= 4 is 17.4 Å². The van der Waals surface area contributed by atoms with Gasteiger partial charge in [-0.1, -0.05) is 6.07 Å². The minimum Gasteiger partial charge on any atom is -0.476 e. The van der Waals surface area contributed by atoms with Crippen LogP contribution < -0.4 is 5.32 Å². The van der Waals surface area contributed by atoms with Gasteiger partial charge in [0, 0.05) is 6.20 Å². The lowest BCUT2D eigenvalue weighted by Crippen LogP contribution is -2.49. The van der Waals surface area contributed by atoms with Crippen molar-refractivity contribution in [2.24, 2.45) is 0 Å². The van der Waals surface area contributed by atoms with Crippen molar-refractivity contribution in [1.29, 1.82) is 0 Å². The van der Waals surface area contributed by atoms with Gasteiger partial charge in [0.2, 0.25) is 0 Å². The molecule has 8 nitrogen and oxygen atoms in total. The van der Waals surface area contributed by atoms with Crippen LogP contribution in [0, 0.1) is 0 Å². The molecule has 0 spiro atoms. The topological polar surface area (TPSA) is 127 Å². The third-order valence-corrected chi connectivity index (χ3v) is 3.02. The van der Waals surface area contributed by atoms with E-state index in [1.807, 2.05) is 0 Å². The summed E-state index contributed by atoms with van der Waals surface area (Å²) >= 11 is 0. The second-order valence-electron chi connectivity index (χ2n) is 4.42. The third-order valence-electron chi connectivity index (χ3n) is 3.02. The molecule has 0 unspecified atom stereocenters. The quantitative estimate of drug-likeness (QED) is 0.467. The first-order chi connectivity index (χ1) is 9.56. The zero-order valence-electron chi connectivity index (χ0n) is 10.5. The Labute approximate surface area is 113 Å². The van der Waals surface area contributed by atoms with Crippen molar-refractivity contribution in [3.05, 3.63) is 30.1 Å². The van der Waals surface area contributed by atoms with Gasteiger partial charge >= 0.3 is 5.97 Å². The Hall–Kier alpha value is -2.16. The minimum absolute atomic E-state index is 0.0270. The summed E-state index contributed by atoms with van der Waals surface area (Å²) in [7, 11) is 0. The molecule has 0 atom stereocenters. The first-order valence-corrected chi connectivity index (χ1v) is 5.88. The number of carboxylic acids is 1. The number of fused-ring (bicyclic) bond motifs is 1. The molecular formula is C12H15N3O5. The van der Waals surface area contributed by atoms with Gasteiger partial charge < -0.3 is 25.7 Å². The normalized spacial score (nSPS) is 11.8. The van der Waals surface area contributed by atoms with Gasteiger partial charge in [-0.05, 0) is 12.1 Å². The van der Waals surface area contributed by atoms with Gasteiger partial charge in [-0.25, -0.2) is 9.78 Å². The molecule has 5 N–H and O–H groups in total. The highest BCUT2D eigenvalue weighted by Crippen LogP contribution is 2.21. The van der Waals surface area contributed by atoms with Crippen LogP contribution >= 0.6 is 0 Å². The Morgan fingerprint density at radius 2 is 1.90 bits per heavy atom. The van der Waals surface area contributed by atoms with Crippen LogP contribution in [-0.2, 0) is 0 Å². The Balaban J connectivity index is 2.54. The lowest BCUT2D eigenvalue weighted by atomic mass is 10.0. The van der Waals surface area contributed by atoms with E-state index in [0.29, 0.717) is 5.65 Å². The molecule has 2 rings (SSSR count). The molecule has 0 radical (unpaired) electrons. The Bertz CT molecular complexity index is 612. The van der Waals surface area contributed by atoms with Gasteiger partial charge in [0.15, 0.2) is 11.5 Å². The number of aliphatic hydroxyl groups excluding tert-OH is 3. The van der Waals surface area contributed by atoms with Gasteiger partial charge in [-0.3, -0.25) is 4.40 Å². The van der Waals surface area contributed by atoms with Gasteiger partial charge in [-0.2, -0.15) is 0 Å². The summed E-state index contributed by atoms with van der Waals surface area (Å²) in [4.78, 5) is 15.5. The van der Waals surface area contributed by atoms with Gasteiger partial charge in [0.1, 0.15) is 11.2 Å². The van der Waals surface area contributed by atoms with Crippen LogP contribution in [0.25, 0.3) is 5.65 Å². The minimum atomic E-state index is -1.44. The predicted molar refractivity (Wildman–Crippen MR) is 69.8 cm³/mol. The number of hydrogen-bond donors (Lipinski definition) is 5. The number of carboxylic acid groups (broad SMARTS) is 1. The maximum absolute atomic E-state index is 11.4. The molecule has 20 heavy (non-hydrogen) atoms. The molecule has 0 saturated heterocycles.